The normalized spacial score (nSPS) is 23.2. The summed E-state index contributed by atoms with van der Waals surface area (Å²) in [6, 6.07) is 0. The van der Waals surface area contributed by atoms with Gasteiger partial charge in [-0.1, -0.05) is 0 Å². The van der Waals surface area contributed by atoms with Gasteiger partial charge in [0.25, 0.3) is 0 Å². The Balaban J connectivity index is 2.03. The van der Waals surface area contributed by atoms with Crippen LogP contribution < -0.4 is 0 Å². The van der Waals surface area contributed by atoms with Crippen LogP contribution in [0.5, 0.6) is 0 Å². The fourth-order valence-electron chi connectivity index (χ4n) is 0.920. The molecule has 0 amide bonds. The summed E-state index contributed by atoms with van der Waals surface area (Å²) in [5.41, 5.74) is 0. The van der Waals surface area contributed by atoms with Gasteiger partial charge in [-0.05, 0) is 0 Å². The molecule has 0 aromatic carbocycles. The number of hydrogen-bond acceptors (Lipinski definition) is 4. The summed E-state index contributed by atoms with van der Waals surface area (Å²) in [5, 5.41) is 0. The van der Waals surface area contributed by atoms with Gasteiger partial charge < -0.3 is 19.4 Å². The van der Waals surface area contributed by atoms with Crippen LogP contribution in [-0.2, 0) is 9.68 Å². The van der Waals surface area contributed by atoms with E-state index >= 15 is 0 Å². The molecule has 0 saturated carbocycles. The van der Waals surface area contributed by atoms with Gasteiger partial charge in [-0.3, -0.25) is 0 Å². The minimum atomic E-state index is -0.181. The van der Waals surface area contributed by atoms with E-state index in [9.17, 15) is 0 Å². The van der Waals surface area contributed by atoms with E-state index in [1.54, 1.807) is 14.2 Å². The van der Waals surface area contributed by atoms with Crippen LogP contribution in [0.3, 0.4) is 0 Å². The first-order valence-electron chi connectivity index (χ1n) is 2.97. The van der Waals surface area contributed by atoms with Crippen molar-refractivity contribution in [2.75, 3.05) is 14.2 Å². The number of rotatable bonds is 2. The highest BCUT2D eigenvalue weighted by Gasteiger charge is 2.04. The number of hydrogen-bond donors (Lipinski definition) is 0. The van der Waals surface area contributed by atoms with Crippen molar-refractivity contribution >= 4 is 15.1 Å². The van der Waals surface area contributed by atoms with Crippen molar-refractivity contribution in [2.24, 2.45) is 0 Å². The molecule has 6 heteroatoms. The molecule has 0 unspecified atom stereocenters. The molecule has 1 saturated heterocycles. The zero-order valence-electron chi connectivity index (χ0n) is 5.71. The molecule has 0 atom stereocenters. The summed E-state index contributed by atoms with van der Waals surface area (Å²) in [6.45, 7) is 0. The van der Waals surface area contributed by atoms with Crippen LogP contribution in [0.2, 0.25) is 0 Å². The Labute approximate surface area is 49.8 Å². The molecule has 0 aliphatic carbocycles. The molecule has 0 N–H and O–H groups in total. The molecule has 0 radical (unpaired) electrons. The van der Waals surface area contributed by atoms with Gasteiger partial charge >= 0.3 is 0 Å². The third kappa shape index (κ3) is 1.03. The average molecular weight is 116 g/mol. The fraction of sp³-hybridized carbons (Fsp3) is 1.00. The SMILES string of the molecule is CON1[BH2-]N(OC)[BH2-]1. The Kier molecular flexibility index (Phi) is 1.90. The van der Waals surface area contributed by atoms with Crippen molar-refractivity contribution in [3.05, 3.63) is 0 Å². The summed E-state index contributed by atoms with van der Waals surface area (Å²) in [4.78, 5) is 13.9. The molecule has 0 aromatic rings. The van der Waals surface area contributed by atoms with Crippen LogP contribution in [-0.4, -0.2) is 39.1 Å². The van der Waals surface area contributed by atoms with Gasteiger partial charge in [0.1, 0.15) is 0 Å². The summed E-state index contributed by atoms with van der Waals surface area (Å²) < 4.78 is 0. The highest BCUT2D eigenvalue weighted by molar-refractivity contribution is 6.63. The van der Waals surface area contributed by atoms with E-state index in [0.717, 1.165) is 0 Å². The summed E-state index contributed by atoms with van der Waals surface area (Å²) in [7, 11) is 3.06. The molecule has 1 aliphatic heterocycles. The van der Waals surface area contributed by atoms with Gasteiger partial charge in [-0.2, -0.15) is 0 Å². The first-order chi connectivity index (χ1) is 3.86. The lowest BCUT2D eigenvalue weighted by molar-refractivity contribution is -0.0786. The lowest BCUT2D eigenvalue weighted by Gasteiger charge is -2.58. The van der Waals surface area contributed by atoms with Crippen LogP contribution in [0.1, 0.15) is 0 Å². The zero-order valence-corrected chi connectivity index (χ0v) is 5.71. The van der Waals surface area contributed by atoms with Gasteiger partial charge in [-0.15, -0.1) is 0 Å². The van der Waals surface area contributed by atoms with Crippen LogP contribution in [0.4, 0.5) is 0 Å². The molecule has 1 heterocycles. The quantitative estimate of drug-likeness (QED) is 0.379. The molecule has 1 rings (SSSR count). The topological polar surface area (TPSA) is 24.9 Å². The van der Waals surface area contributed by atoms with Crippen molar-refractivity contribution in [1.82, 2.24) is 9.77 Å². The van der Waals surface area contributed by atoms with Crippen LogP contribution >= 0.6 is 0 Å². The average Bonchev–Trinajstić information content (AvgIpc) is 1.65. The third-order valence-electron chi connectivity index (χ3n) is 1.86. The van der Waals surface area contributed by atoms with Gasteiger partial charge in [0.15, 0.2) is 0 Å². The summed E-state index contributed by atoms with van der Waals surface area (Å²) in [5.74, 6) is 0. The van der Waals surface area contributed by atoms with E-state index in [0.29, 0.717) is 0 Å². The molecule has 0 spiro atoms. The minimum Gasteiger partial charge on any atom is -0.513 e. The summed E-state index contributed by atoms with van der Waals surface area (Å²) >= 11 is 0. The molecule has 0 bridgehead atoms. The van der Waals surface area contributed by atoms with E-state index < -0.39 is 0 Å². The van der Waals surface area contributed by atoms with Crippen molar-refractivity contribution in [2.45, 2.75) is 0 Å². The standard InChI is InChI=1S/C2H10B2N2O2/c1-7-5-3-6(4-5)8-2/h3-4H2,1-2H3/q-2. The predicted octanol–water partition coefficient (Wildman–Crippen LogP) is -2.28. The molecule has 1 fully saturated rings. The lowest BCUT2D eigenvalue weighted by Crippen LogP contribution is -2.60. The van der Waals surface area contributed by atoms with E-state index in [4.69, 9.17) is 9.68 Å². The molecule has 4 nitrogen and oxygen atoms in total. The lowest BCUT2D eigenvalue weighted by atomic mass is 9.82. The Morgan fingerprint density at radius 2 is 1.38 bits per heavy atom. The molecular weight excluding hydrogens is 106 g/mol. The molecule has 8 heavy (non-hydrogen) atoms. The van der Waals surface area contributed by atoms with Crippen molar-refractivity contribution < 1.29 is 9.68 Å². The Morgan fingerprint density at radius 1 is 1.00 bits per heavy atom. The van der Waals surface area contributed by atoms with Crippen LogP contribution in [0.15, 0.2) is 0 Å². The van der Waals surface area contributed by atoms with E-state index in [-0.39, 0.29) is 15.1 Å². The summed E-state index contributed by atoms with van der Waals surface area (Å²) in [6.07, 6.45) is 0. The fourth-order valence-corrected chi connectivity index (χ4v) is 0.920. The second-order valence-electron chi connectivity index (χ2n) is 2.39. The second-order valence-corrected chi connectivity index (χ2v) is 2.39. The van der Waals surface area contributed by atoms with Crippen molar-refractivity contribution in [3.8, 4) is 0 Å². The van der Waals surface area contributed by atoms with E-state index in [1.165, 1.54) is 0 Å². The molecule has 48 valence electrons. The van der Waals surface area contributed by atoms with Crippen LogP contribution in [0.25, 0.3) is 0 Å². The second kappa shape index (κ2) is 2.50. The highest BCUT2D eigenvalue weighted by atomic mass is 16.7. The van der Waals surface area contributed by atoms with Crippen LogP contribution in [0, 0.1) is 0 Å². The maximum absolute atomic E-state index is 4.94. The van der Waals surface area contributed by atoms with Gasteiger partial charge in [0, 0.05) is 14.2 Å². The maximum atomic E-state index is 4.94. The first-order valence-corrected chi connectivity index (χ1v) is 2.97. The molecular formula is C2H10B2N2O2-2. The smallest absolute Gasteiger partial charge is 0.0685 e. The van der Waals surface area contributed by atoms with E-state index in [1.807, 2.05) is 9.77 Å². The Hall–Kier alpha value is -0.0301. The van der Waals surface area contributed by atoms with Gasteiger partial charge in [0.2, 0.25) is 0 Å². The largest absolute Gasteiger partial charge is 0.513 e. The predicted molar refractivity (Wildman–Crippen MR) is 34.8 cm³/mol. The third-order valence-corrected chi connectivity index (χ3v) is 1.86. The first kappa shape index (κ1) is 6.10. The molecule has 0 aromatic heterocycles. The highest BCUT2D eigenvalue weighted by Crippen LogP contribution is 1.99. The molecule has 1 aliphatic rings. The number of nitrogens with zero attached hydrogens (tertiary/aromatic N) is 2. The minimum absolute atomic E-state index is 0.181. The van der Waals surface area contributed by atoms with E-state index in [2.05, 4.69) is 0 Å². The maximum Gasteiger partial charge on any atom is 0.0685 e. The van der Waals surface area contributed by atoms with Crippen molar-refractivity contribution in [3.63, 3.8) is 0 Å². The van der Waals surface area contributed by atoms with Gasteiger partial charge in [0.05, 0.1) is 15.1 Å². The zero-order chi connectivity index (χ0) is 5.98. The monoisotopic (exact) mass is 116 g/mol. The Bertz CT molecular complexity index is 68.4. The van der Waals surface area contributed by atoms with Crippen molar-refractivity contribution in [1.29, 1.82) is 0 Å². The van der Waals surface area contributed by atoms with Gasteiger partial charge in [-0.25, -0.2) is 0 Å². The Morgan fingerprint density at radius 3 is 1.62 bits per heavy atom.